The predicted octanol–water partition coefficient (Wildman–Crippen LogP) is 8.65. The maximum atomic E-state index is 13.9. The number of likely N-dealkylation sites (N-methyl/N-ethyl adjacent to an activating group) is 1. The molecule has 2 aliphatic rings. The SMILES string of the molecule is COc1ccc(C2C=NN=N2)cc1C(=O)N(C)CC(CCN1CCC(C(=O)c2nc3ccccc3n2CC=C(C)C)CC1)c1ccc(Cl)c(Cl)c1. The lowest BCUT2D eigenvalue weighted by molar-refractivity contribution is 0.0776. The number of carbonyl (C=O) groups excluding carboxylic acids is 2. The number of fused-ring (bicyclic) bond motifs is 1. The quantitative estimate of drug-likeness (QED) is 0.101. The van der Waals surface area contributed by atoms with Crippen LogP contribution in [-0.4, -0.2) is 77.6 Å². The fourth-order valence-corrected chi connectivity index (χ4v) is 7.16. The van der Waals surface area contributed by atoms with E-state index >= 15 is 0 Å². The topological polar surface area (TPSA) is 105 Å². The molecule has 4 aromatic rings. The minimum Gasteiger partial charge on any atom is -0.496 e. The Morgan fingerprint density at radius 3 is 2.53 bits per heavy atom. The number of allylic oxidation sites excluding steroid dienone is 2. The highest BCUT2D eigenvalue weighted by molar-refractivity contribution is 6.42. The average Bonchev–Trinajstić information content (AvgIpc) is 3.82. The van der Waals surface area contributed by atoms with Gasteiger partial charge in [-0.2, -0.15) is 5.11 Å². The molecule has 0 radical (unpaired) electrons. The highest BCUT2D eigenvalue weighted by atomic mass is 35.5. The van der Waals surface area contributed by atoms with Crippen LogP contribution in [0, 0.1) is 5.92 Å². The lowest BCUT2D eigenvalue weighted by Gasteiger charge is -2.33. The Labute approximate surface area is 308 Å². The molecule has 0 N–H and O–H groups in total. The van der Waals surface area contributed by atoms with E-state index in [-0.39, 0.29) is 29.6 Å². The number of imidazole rings is 1. The van der Waals surface area contributed by atoms with Crippen molar-refractivity contribution in [3.8, 4) is 5.75 Å². The number of amides is 1. The molecule has 0 bridgehead atoms. The molecule has 3 heterocycles. The lowest BCUT2D eigenvalue weighted by atomic mass is 9.90. The van der Waals surface area contributed by atoms with Gasteiger partial charge < -0.3 is 19.1 Å². The summed E-state index contributed by atoms with van der Waals surface area (Å²) < 4.78 is 7.62. The molecular weight excluding hydrogens is 685 g/mol. The van der Waals surface area contributed by atoms with Crippen LogP contribution in [0.1, 0.15) is 77.2 Å². The van der Waals surface area contributed by atoms with Crippen molar-refractivity contribution >= 4 is 52.1 Å². The number of halogens is 2. The number of para-hydroxylation sites is 2. The first-order valence-corrected chi connectivity index (χ1v) is 18.0. The third-order valence-electron chi connectivity index (χ3n) is 9.80. The van der Waals surface area contributed by atoms with E-state index in [4.69, 9.17) is 32.9 Å². The second kappa shape index (κ2) is 16.3. The number of aromatic nitrogens is 2. The van der Waals surface area contributed by atoms with E-state index in [2.05, 4.69) is 44.8 Å². The number of methoxy groups -OCH3 is 1. The van der Waals surface area contributed by atoms with E-state index in [0.29, 0.717) is 40.3 Å². The van der Waals surface area contributed by atoms with Gasteiger partial charge in [0.25, 0.3) is 5.91 Å². The molecule has 10 nitrogen and oxygen atoms in total. The van der Waals surface area contributed by atoms with Crippen molar-refractivity contribution < 1.29 is 14.3 Å². The Morgan fingerprint density at radius 1 is 1.04 bits per heavy atom. The van der Waals surface area contributed by atoms with Crippen LogP contribution in [0.25, 0.3) is 11.0 Å². The first-order valence-electron chi connectivity index (χ1n) is 17.3. The second-order valence-electron chi connectivity index (χ2n) is 13.5. The molecule has 0 saturated carbocycles. The van der Waals surface area contributed by atoms with Gasteiger partial charge >= 0.3 is 0 Å². The van der Waals surface area contributed by atoms with E-state index < -0.39 is 0 Å². The zero-order valence-electron chi connectivity index (χ0n) is 29.4. The summed E-state index contributed by atoms with van der Waals surface area (Å²) in [7, 11) is 3.36. The van der Waals surface area contributed by atoms with Crippen LogP contribution in [0.4, 0.5) is 0 Å². The number of likely N-dealkylation sites (tertiary alicyclic amines) is 1. The summed E-state index contributed by atoms with van der Waals surface area (Å²) in [5, 5.41) is 12.6. The first-order chi connectivity index (χ1) is 24.6. The largest absolute Gasteiger partial charge is 0.496 e. The first kappa shape index (κ1) is 36.4. The zero-order valence-corrected chi connectivity index (χ0v) is 30.9. The number of ether oxygens (including phenoxy) is 1. The standard InChI is InChI=1S/C39H43Cl2N7O3/c1-25(2)13-20-48-35-8-6-5-7-33(35)43-38(48)37(49)26-14-17-47(18-15-26)19-16-29(27-9-11-31(40)32(41)22-27)24-46(3)39(50)30-21-28(10-12-36(30)51-4)34-23-42-45-44-34/h5-13,21-23,26,29,34H,14-20,24H2,1-4H3. The number of hydrogen-bond acceptors (Lipinski definition) is 8. The van der Waals surface area contributed by atoms with Crippen molar-refractivity contribution in [2.45, 2.75) is 51.6 Å². The summed E-state index contributed by atoms with van der Waals surface area (Å²) in [4.78, 5) is 36.7. The Bertz CT molecular complexity index is 1980. The smallest absolute Gasteiger partial charge is 0.257 e. The molecular formula is C39H43Cl2N7O3. The summed E-state index contributed by atoms with van der Waals surface area (Å²) >= 11 is 12.8. The highest BCUT2D eigenvalue weighted by Crippen LogP contribution is 2.32. The summed E-state index contributed by atoms with van der Waals surface area (Å²) in [6.45, 7) is 7.61. The number of rotatable bonds is 13. The molecule has 1 saturated heterocycles. The third kappa shape index (κ3) is 8.41. The molecule has 51 heavy (non-hydrogen) atoms. The van der Waals surface area contributed by atoms with Gasteiger partial charge in [0.05, 0.1) is 40.0 Å². The van der Waals surface area contributed by atoms with E-state index in [9.17, 15) is 9.59 Å². The highest BCUT2D eigenvalue weighted by Gasteiger charge is 2.30. The zero-order chi connectivity index (χ0) is 36.1. The minimum atomic E-state index is -0.333. The fourth-order valence-electron chi connectivity index (χ4n) is 6.85. The summed E-state index contributed by atoms with van der Waals surface area (Å²) in [5.74, 6) is 0.875. The summed E-state index contributed by atoms with van der Waals surface area (Å²) in [6, 6.07) is 18.7. The maximum absolute atomic E-state index is 13.9. The van der Waals surface area contributed by atoms with Gasteiger partial charge in [0.1, 0.15) is 11.8 Å². The van der Waals surface area contributed by atoms with Crippen LogP contribution in [0.2, 0.25) is 10.0 Å². The average molecular weight is 729 g/mol. The fraction of sp³-hybridized carbons (Fsp3) is 0.385. The van der Waals surface area contributed by atoms with Crippen LogP contribution >= 0.6 is 23.2 Å². The number of benzene rings is 3. The van der Waals surface area contributed by atoms with Crippen molar-refractivity contribution in [1.82, 2.24) is 19.4 Å². The van der Waals surface area contributed by atoms with E-state index in [1.165, 1.54) is 5.57 Å². The lowest BCUT2D eigenvalue weighted by Crippen LogP contribution is -2.38. The molecule has 0 aliphatic carbocycles. The molecule has 1 aromatic heterocycles. The van der Waals surface area contributed by atoms with Crippen molar-refractivity contribution in [1.29, 1.82) is 0 Å². The van der Waals surface area contributed by atoms with E-state index in [1.807, 2.05) is 42.5 Å². The Balaban J connectivity index is 1.13. The minimum absolute atomic E-state index is 0.0204. The number of carbonyl (C=O) groups is 2. The van der Waals surface area contributed by atoms with Crippen LogP contribution in [0.15, 0.2) is 87.8 Å². The Hall–Kier alpha value is -4.38. The summed E-state index contributed by atoms with van der Waals surface area (Å²) in [6.07, 6.45) is 6.09. The van der Waals surface area contributed by atoms with Crippen LogP contribution in [0.3, 0.4) is 0 Å². The predicted molar refractivity (Wildman–Crippen MR) is 203 cm³/mol. The Morgan fingerprint density at radius 2 is 1.82 bits per heavy atom. The molecule has 6 rings (SSSR count). The number of hydrogen-bond donors (Lipinski definition) is 0. The van der Waals surface area contributed by atoms with Gasteiger partial charge in [-0.15, -0.1) is 5.10 Å². The molecule has 2 unspecified atom stereocenters. The number of piperidine rings is 1. The van der Waals surface area contributed by atoms with Crippen molar-refractivity contribution in [2.75, 3.05) is 40.3 Å². The van der Waals surface area contributed by atoms with Gasteiger partial charge in [-0.05, 0) is 105 Å². The molecule has 1 fully saturated rings. The molecule has 2 aliphatic heterocycles. The second-order valence-corrected chi connectivity index (χ2v) is 14.3. The van der Waals surface area contributed by atoms with Crippen LogP contribution in [0.5, 0.6) is 5.75 Å². The van der Waals surface area contributed by atoms with Crippen molar-refractivity contribution in [2.24, 2.45) is 21.4 Å². The number of Topliss-reactive ketones (excluding diaryl/α,β-unsaturated/α-hetero) is 1. The van der Waals surface area contributed by atoms with Crippen molar-refractivity contribution in [3.05, 3.63) is 105 Å². The van der Waals surface area contributed by atoms with Crippen LogP contribution < -0.4 is 4.74 Å². The number of ketones is 1. The van der Waals surface area contributed by atoms with E-state index in [0.717, 1.165) is 61.1 Å². The van der Waals surface area contributed by atoms with Gasteiger partial charge in [-0.3, -0.25) is 9.59 Å². The maximum Gasteiger partial charge on any atom is 0.257 e. The van der Waals surface area contributed by atoms with Gasteiger partial charge in [-0.25, -0.2) is 4.98 Å². The molecule has 266 valence electrons. The molecule has 1 amide bonds. The van der Waals surface area contributed by atoms with Gasteiger partial charge in [0, 0.05) is 32.0 Å². The molecule has 2 atom stereocenters. The third-order valence-corrected chi connectivity index (χ3v) is 10.5. The van der Waals surface area contributed by atoms with Gasteiger partial charge in [0.2, 0.25) is 5.78 Å². The Kier molecular flexibility index (Phi) is 11.6. The normalized spacial score (nSPS) is 16.8. The molecule has 0 spiro atoms. The van der Waals surface area contributed by atoms with Crippen molar-refractivity contribution in [3.63, 3.8) is 0 Å². The summed E-state index contributed by atoms with van der Waals surface area (Å²) in [5.41, 5.74) is 5.29. The monoisotopic (exact) mass is 727 g/mol. The van der Waals surface area contributed by atoms with Gasteiger partial charge in [-0.1, -0.05) is 59.1 Å². The van der Waals surface area contributed by atoms with Crippen LogP contribution in [-0.2, 0) is 6.54 Å². The number of nitrogens with zero attached hydrogens (tertiary/aromatic N) is 7. The van der Waals surface area contributed by atoms with E-state index in [1.54, 1.807) is 43.5 Å². The molecule has 12 heteroatoms. The van der Waals surface area contributed by atoms with Gasteiger partial charge in [0.15, 0.2) is 5.82 Å². The molecule has 3 aromatic carbocycles.